The molecule has 1 aromatic rings. The molecule has 15 heavy (non-hydrogen) atoms. The number of nitrogens with one attached hydrogen (secondary N) is 1. The van der Waals surface area contributed by atoms with E-state index in [0.717, 1.165) is 5.56 Å². The van der Waals surface area contributed by atoms with Gasteiger partial charge in [0, 0.05) is 12.1 Å². The summed E-state index contributed by atoms with van der Waals surface area (Å²) in [7, 11) is 0. The normalized spacial score (nSPS) is 10.6. The van der Waals surface area contributed by atoms with Crippen LogP contribution in [-0.2, 0) is 11.3 Å². The molecule has 1 rings (SSSR count). The third-order valence-corrected chi connectivity index (χ3v) is 1.84. The minimum Gasteiger partial charge on any atom is -0.480 e. The highest BCUT2D eigenvalue weighted by molar-refractivity contribution is 5.68. The van der Waals surface area contributed by atoms with E-state index in [0.29, 0.717) is 6.54 Å². The van der Waals surface area contributed by atoms with Gasteiger partial charge in [-0.1, -0.05) is 24.3 Å². The lowest BCUT2D eigenvalue weighted by molar-refractivity contribution is -0.135. The number of carboxylic acids is 1. The standard InChI is InChI=1S/C10H11F2NO2/c11-10(12)8-3-1-7(2-4-8)5-13-6-9(14)15/h1-4,10,13H,5-6H2,(H,14,15). The summed E-state index contributed by atoms with van der Waals surface area (Å²) in [6.45, 7) is 0.215. The molecule has 0 aliphatic rings. The van der Waals surface area contributed by atoms with Gasteiger partial charge in [-0.15, -0.1) is 0 Å². The predicted octanol–water partition coefficient (Wildman–Crippen LogP) is 1.80. The van der Waals surface area contributed by atoms with Crippen molar-refractivity contribution in [1.82, 2.24) is 5.32 Å². The second-order valence-electron chi connectivity index (χ2n) is 3.04. The van der Waals surface area contributed by atoms with Gasteiger partial charge in [-0.25, -0.2) is 8.78 Å². The highest BCUT2D eigenvalue weighted by Gasteiger charge is 2.05. The van der Waals surface area contributed by atoms with Crippen molar-refractivity contribution in [2.24, 2.45) is 0 Å². The van der Waals surface area contributed by atoms with Crippen molar-refractivity contribution in [3.05, 3.63) is 35.4 Å². The number of halogens is 2. The number of carboxylic acid groups (broad SMARTS) is 1. The fourth-order valence-electron chi connectivity index (χ4n) is 1.09. The lowest BCUT2D eigenvalue weighted by Gasteiger charge is -2.03. The second-order valence-corrected chi connectivity index (χ2v) is 3.04. The van der Waals surface area contributed by atoms with Gasteiger partial charge in [-0.2, -0.15) is 0 Å². The highest BCUT2D eigenvalue weighted by atomic mass is 19.3. The van der Waals surface area contributed by atoms with Crippen LogP contribution in [0.4, 0.5) is 8.78 Å². The van der Waals surface area contributed by atoms with Crippen LogP contribution >= 0.6 is 0 Å². The average molecular weight is 215 g/mol. The largest absolute Gasteiger partial charge is 0.480 e. The van der Waals surface area contributed by atoms with Gasteiger partial charge in [0.2, 0.25) is 0 Å². The molecule has 0 amide bonds. The lowest BCUT2D eigenvalue weighted by atomic mass is 10.1. The lowest BCUT2D eigenvalue weighted by Crippen LogP contribution is -2.21. The Morgan fingerprint density at radius 3 is 2.40 bits per heavy atom. The van der Waals surface area contributed by atoms with E-state index < -0.39 is 12.4 Å². The van der Waals surface area contributed by atoms with Crippen molar-refractivity contribution in [2.75, 3.05) is 6.54 Å². The third kappa shape index (κ3) is 4.03. The molecule has 1 aromatic carbocycles. The zero-order valence-corrected chi connectivity index (χ0v) is 7.91. The maximum Gasteiger partial charge on any atom is 0.317 e. The summed E-state index contributed by atoms with van der Waals surface area (Å²) in [6.07, 6.45) is -2.47. The molecule has 0 saturated carbocycles. The molecule has 0 spiro atoms. The number of benzene rings is 1. The van der Waals surface area contributed by atoms with Crippen molar-refractivity contribution in [3.63, 3.8) is 0 Å². The van der Waals surface area contributed by atoms with Gasteiger partial charge in [-0.3, -0.25) is 4.79 Å². The quantitative estimate of drug-likeness (QED) is 0.787. The van der Waals surface area contributed by atoms with Gasteiger partial charge in [0.05, 0.1) is 6.54 Å². The molecule has 0 atom stereocenters. The van der Waals surface area contributed by atoms with Crippen molar-refractivity contribution in [2.45, 2.75) is 13.0 Å². The highest BCUT2D eigenvalue weighted by Crippen LogP contribution is 2.18. The van der Waals surface area contributed by atoms with Gasteiger partial charge >= 0.3 is 5.97 Å². The Bertz CT molecular complexity index is 325. The minimum atomic E-state index is -2.47. The van der Waals surface area contributed by atoms with Crippen LogP contribution in [0.5, 0.6) is 0 Å². The van der Waals surface area contributed by atoms with Crippen LogP contribution in [-0.4, -0.2) is 17.6 Å². The van der Waals surface area contributed by atoms with Crippen molar-refractivity contribution in [3.8, 4) is 0 Å². The zero-order chi connectivity index (χ0) is 11.3. The molecule has 0 aliphatic carbocycles. The molecule has 0 bridgehead atoms. The molecule has 0 fully saturated rings. The number of carbonyl (C=O) groups is 1. The van der Waals surface area contributed by atoms with Gasteiger partial charge < -0.3 is 10.4 Å². The van der Waals surface area contributed by atoms with Gasteiger partial charge in [0.25, 0.3) is 6.43 Å². The van der Waals surface area contributed by atoms with E-state index in [9.17, 15) is 13.6 Å². The van der Waals surface area contributed by atoms with Crippen LogP contribution in [0.3, 0.4) is 0 Å². The summed E-state index contributed by atoms with van der Waals surface area (Å²) in [5.41, 5.74) is 0.748. The number of alkyl halides is 2. The molecule has 5 heteroatoms. The molecular formula is C10H11F2NO2. The Morgan fingerprint density at radius 2 is 1.93 bits per heavy atom. The zero-order valence-electron chi connectivity index (χ0n) is 7.91. The number of aliphatic carboxylic acids is 1. The van der Waals surface area contributed by atoms with Crippen molar-refractivity contribution >= 4 is 5.97 Å². The maximum absolute atomic E-state index is 12.2. The summed E-state index contributed by atoms with van der Waals surface area (Å²) < 4.78 is 24.3. The van der Waals surface area contributed by atoms with Crippen LogP contribution in [0.1, 0.15) is 17.6 Å². The van der Waals surface area contributed by atoms with E-state index >= 15 is 0 Å². The summed E-state index contributed by atoms with van der Waals surface area (Å²) >= 11 is 0. The maximum atomic E-state index is 12.2. The molecule has 0 unspecified atom stereocenters. The van der Waals surface area contributed by atoms with Crippen LogP contribution in [0.25, 0.3) is 0 Å². The van der Waals surface area contributed by atoms with Gasteiger partial charge in [0.1, 0.15) is 0 Å². The Morgan fingerprint density at radius 1 is 1.33 bits per heavy atom. The van der Waals surface area contributed by atoms with Crippen LogP contribution in [0, 0.1) is 0 Å². The predicted molar refractivity (Wildman–Crippen MR) is 50.7 cm³/mol. The Labute approximate surface area is 85.7 Å². The third-order valence-electron chi connectivity index (χ3n) is 1.84. The molecule has 0 saturated heterocycles. The molecule has 0 radical (unpaired) electrons. The fraction of sp³-hybridized carbons (Fsp3) is 0.300. The summed E-state index contributed by atoms with van der Waals surface area (Å²) in [5, 5.41) is 11.0. The first-order valence-electron chi connectivity index (χ1n) is 4.39. The van der Waals surface area contributed by atoms with Crippen molar-refractivity contribution < 1.29 is 18.7 Å². The molecule has 2 N–H and O–H groups in total. The van der Waals surface area contributed by atoms with Gasteiger partial charge in [0.15, 0.2) is 0 Å². The molecule has 82 valence electrons. The molecular weight excluding hydrogens is 204 g/mol. The van der Waals surface area contributed by atoms with E-state index in [2.05, 4.69) is 5.32 Å². The Kier molecular flexibility index (Phi) is 4.17. The first kappa shape index (κ1) is 11.6. The molecule has 3 nitrogen and oxygen atoms in total. The van der Waals surface area contributed by atoms with Crippen LogP contribution in [0.2, 0.25) is 0 Å². The molecule has 0 aliphatic heterocycles. The molecule has 0 heterocycles. The summed E-state index contributed by atoms with van der Waals surface area (Å²) in [6, 6.07) is 5.78. The van der Waals surface area contributed by atoms with Crippen molar-refractivity contribution in [1.29, 1.82) is 0 Å². The van der Waals surface area contributed by atoms with E-state index in [1.54, 1.807) is 12.1 Å². The fourth-order valence-corrected chi connectivity index (χ4v) is 1.09. The van der Waals surface area contributed by atoms with E-state index in [1.807, 2.05) is 0 Å². The number of rotatable bonds is 5. The van der Waals surface area contributed by atoms with E-state index in [4.69, 9.17) is 5.11 Å². The topological polar surface area (TPSA) is 49.3 Å². The number of hydrogen-bond acceptors (Lipinski definition) is 2. The Balaban J connectivity index is 2.46. The second kappa shape index (κ2) is 5.41. The summed E-state index contributed by atoms with van der Waals surface area (Å²) in [5.74, 6) is -0.945. The summed E-state index contributed by atoms with van der Waals surface area (Å²) in [4.78, 5) is 10.2. The van der Waals surface area contributed by atoms with E-state index in [-0.39, 0.29) is 12.1 Å². The van der Waals surface area contributed by atoms with Crippen LogP contribution in [0.15, 0.2) is 24.3 Å². The van der Waals surface area contributed by atoms with E-state index in [1.165, 1.54) is 12.1 Å². The first-order chi connectivity index (χ1) is 7.09. The van der Waals surface area contributed by atoms with Crippen LogP contribution < -0.4 is 5.32 Å². The van der Waals surface area contributed by atoms with Gasteiger partial charge in [-0.05, 0) is 5.56 Å². The average Bonchev–Trinajstić information content (AvgIpc) is 2.18. The smallest absolute Gasteiger partial charge is 0.317 e. The molecule has 0 aromatic heterocycles. The Hall–Kier alpha value is -1.49. The minimum absolute atomic E-state index is 0.0306. The SMILES string of the molecule is O=C(O)CNCc1ccc(C(F)F)cc1. The first-order valence-corrected chi connectivity index (χ1v) is 4.39. The number of hydrogen-bond donors (Lipinski definition) is 2. The monoisotopic (exact) mass is 215 g/mol.